The maximum absolute atomic E-state index is 13.9. The van der Waals surface area contributed by atoms with Crippen molar-refractivity contribution in [3.8, 4) is 0 Å². The Morgan fingerprint density at radius 1 is 1.04 bits per heavy atom. The number of aliphatic imine (C=N–C) groups is 1. The van der Waals surface area contributed by atoms with Crippen LogP contribution in [-0.4, -0.2) is 94.2 Å². The zero-order chi connectivity index (χ0) is 37.3. The van der Waals surface area contributed by atoms with Crippen molar-refractivity contribution in [2.45, 2.75) is 70.0 Å². The average Bonchev–Trinajstić information content (AvgIpc) is 3.84. The third-order valence-corrected chi connectivity index (χ3v) is 9.26. The number of aryl methyl sites for hydroxylation is 1. The Morgan fingerprint density at radius 3 is 2.60 bits per heavy atom. The van der Waals surface area contributed by atoms with Gasteiger partial charge in [0.2, 0.25) is 0 Å². The van der Waals surface area contributed by atoms with Gasteiger partial charge in [0.15, 0.2) is 6.10 Å². The predicted octanol–water partition coefficient (Wildman–Crippen LogP) is 4.11. The van der Waals surface area contributed by atoms with Gasteiger partial charge in [-0.1, -0.05) is 32.3 Å². The zero-order valence-electron chi connectivity index (χ0n) is 29.8. The molecule has 4 aromatic rings. The number of unbranched alkanes of at least 4 members (excludes halogenated alkanes) is 3. The van der Waals surface area contributed by atoms with E-state index in [1.54, 1.807) is 48.7 Å². The lowest BCUT2D eigenvalue weighted by Gasteiger charge is -2.22. The molecule has 2 amide bonds. The number of carbonyl (C=O) groups is 3. The first-order valence-electron chi connectivity index (χ1n) is 17.9. The summed E-state index contributed by atoms with van der Waals surface area (Å²) in [4.78, 5) is 53.3. The van der Waals surface area contributed by atoms with Crippen LogP contribution in [0, 0.1) is 0 Å². The second-order valence-electron chi connectivity index (χ2n) is 13.0. The van der Waals surface area contributed by atoms with E-state index in [2.05, 4.69) is 22.2 Å². The summed E-state index contributed by atoms with van der Waals surface area (Å²) in [5.74, 6) is 0.334. The SMILES string of the molecule is CCCCCCOC(=O)N=C(N)c1ccc(NCc2nc3cc(C(=O)N(CCC(=O)OC4COC5C(O)COC45)c4ccccn4)ccc3n2C)cc1. The summed E-state index contributed by atoms with van der Waals surface area (Å²) in [5, 5.41) is 13.3. The number of rotatable bonds is 15. The van der Waals surface area contributed by atoms with Crippen molar-refractivity contribution in [3.63, 3.8) is 0 Å². The van der Waals surface area contributed by atoms with Crippen LogP contribution in [0.1, 0.15) is 60.8 Å². The molecule has 0 spiro atoms. The Balaban J connectivity index is 1.07. The van der Waals surface area contributed by atoms with Crippen molar-refractivity contribution in [2.75, 3.05) is 36.6 Å². The number of nitrogens with two attached hydrogens (primary N) is 1. The van der Waals surface area contributed by atoms with Gasteiger partial charge in [0.1, 0.15) is 35.8 Å². The molecule has 15 heteroatoms. The highest BCUT2D eigenvalue weighted by Crippen LogP contribution is 2.29. The quantitative estimate of drug-likeness (QED) is 0.0688. The topological polar surface area (TPSA) is 193 Å². The van der Waals surface area contributed by atoms with E-state index >= 15 is 0 Å². The van der Waals surface area contributed by atoms with Crippen LogP contribution in [0.15, 0.2) is 71.9 Å². The van der Waals surface area contributed by atoms with Crippen LogP contribution < -0.4 is 16.0 Å². The third kappa shape index (κ3) is 9.17. The second-order valence-corrected chi connectivity index (χ2v) is 13.0. The number of aliphatic hydroxyl groups is 1. The van der Waals surface area contributed by atoms with E-state index in [1.807, 2.05) is 29.8 Å². The number of anilines is 2. The van der Waals surface area contributed by atoms with Crippen molar-refractivity contribution < 1.29 is 38.4 Å². The molecule has 2 saturated heterocycles. The average molecular weight is 728 g/mol. The maximum Gasteiger partial charge on any atom is 0.435 e. The van der Waals surface area contributed by atoms with E-state index in [9.17, 15) is 19.5 Å². The van der Waals surface area contributed by atoms with Crippen molar-refractivity contribution in [1.82, 2.24) is 14.5 Å². The highest BCUT2D eigenvalue weighted by atomic mass is 16.6. The number of benzene rings is 2. The van der Waals surface area contributed by atoms with Crippen molar-refractivity contribution in [3.05, 3.63) is 83.8 Å². The number of nitrogens with one attached hydrogen (secondary N) is 1. The van der Waals surface area contributed by atoms with Crippen LogP contribution in [0.5, 0.6) is 0 Å². The number of nitrogens with zero attached hydrogens (tertiary/aromatic N) is 5. The number of ether oxygens (including phenoxy) is 4. The molecular weight excluding hydrogens is 682 g/mol. The largest absolute Gasteiger partial charge is 0.457 e. The van der Waals surface area contributed by atoms with Gasteiger partial charge in [0.05, 0.1) is 43.8 Å². The summed E-state index contributed by atoms with van der Waals surface area (Å²) in [7, 11) is 1.90. The number of pyridine rings is 1. The number of aliphatic hydroxyl groups excluding tert-OH is 1. The molecule has 4 unspecified atom stereocenters. The van der Waals surface area contributed by atoms with Crippen molar-refractivity contribution in [2.24, 2.45) is 17.8 Å². The number of aromatic nitrogens is 3. The number of imidazole rings is 1. The summed E-state index contributed by atoms with van der Waals surface area (Å²) in [6.45, 7) is 3.12. The minimum atomic E-state index is -0.751. The van der Waals surface area contributed by atoms with Crippen molar-refractivity contribution >= 4 is 46.3 Å². The Hall–Kier alpha value is -5.38. The molecule has 0 radical (unpaired) electrons. The van der Waals surface area contributed by atoms with E-state index in [0.29, 0.717) is 35.6 Å². The fourth-order valence-electron chi connectivity index (χ4n) is 6.33. The van der Waals surface area contributed by atoms with E-state index in [1.165, 1.54) is 4.90 Å². The standard InChI is InChI=1S/C38H45N7O8/c1-3-4-5-8-19-50-38(49)43-36(39)24-10-13-26(14-11-24)41-21-32-42-27-20-25(12-15-28(27)44(32)2)37(48)45(31-9-6-7-17-40-31)18-16-33(47)53-30-23-52-34-29(46)22-51-35(30)34/h6-7,9-15,17,20,29-30,34-35,41,46H,3-5,8,16,18-19,21-23H2,1-2H3,(H2,39,43,49). The van der Waals surface area contributed by atoms with Gasteiger partial charge in [0, 0.05) is 36.6 Å². The Morgan fingerprint density at radius 2 is 1.83 bits per heavy atom. The molecule has 6 rings (SSSR count). The molecule has 280 valence electrons. The summed E-state index contributed by atoms with van der Waals surface area (Å²) >= 11 is 0. The van der Waals surface area contributed by atoms with E-state index in [0.717, 1.165) is 42.7 Å². The van der Waals surface area contributed by atoms with Gasteiger partial charge in [-0.2, -0.15) is 4.99 Å². The number of amides is 2. The van der Waals surface area contributed by atoms with Gasteiger partial charge in [-0.15, -0.1) is 0 Å². The van der Waals surface area contributed by atoms with E-state index in [-0.39, 0.29) is 37.9 Å². The molecule has 2 aliphatic rings. The zero-order valence-corrected chi connectivity index (χ0v) is 29.8. The molecular formula is C38H45N7O8. The lowest BCUT2D eigenvalue weighted by Crippen LogP contribution is -2.36. The molecule has 2 aromatic heterocycles. The molecule has 0 aliphatic carbocycles. The molecule has 0 saturated carbocycles. The lowest BCUT2D eigenvalue weighted by molar-refractivity contribution is -0.153. The molecule has 2 aromatic carbocycles. The van der Waals surface area contributed by atoms with Gasteiger partial charge in [-0.3, -0.25) is 14.5 Å². The van der Waals surface area contributed by atoms with Crippen molar-refractivity contribution in [1.29, 1.82) is 0 Å². The first-order chi connectivity index (χ1) is 25.7. The summed E-state index contributed by atoms with van der Waals surface area (Å²) in [6.07, 6.45) is 2.39. The monoisotopic (exact) mass is 727 g/mol. The van der Waals surface area contributed by atoms with Gasteiger partial charge in [-0.25, -0.2) is 14.8 Å². The minimum Gasteiger partial charge on any atom is -0.457 e. The molecule has 2 fully saturated rings. The highest BCUT2D eigenvalue weighted by molar-refractivity contribution is 6.07. The smallest absolute Gasteiger partial charge is 0.435 e. The molecule has 15 nitrogen and oxygen atoms in total. The Labute approximate surface area is 307 Å². The normalized spacial score (nSPS) is 19.6. The first kappa shape index (κ1) is 37.4. The molecule has 4 atom stereocenters. The molecule has 4 N–H and O–H groups in total. The van der Waals surface area contributed by atoms with E-state index < -0.39 is 36.5 Å². The summed E-state index contributed by atoms with van der Waals surface area (Å²) in [5.41, 5.74) is 9.28. The number of amidine groups is 1. The molecule has 0 bridgehead atoms. The summed E-state index contributed by atoms with van der Waals surface area (Å²) in [6, 6.07) is 17.7. The van der Waals surface area contributed by atoms with E-state index in [4.69, 9.17) is 29.7 Å². The molecule has 2 aliphatic heterocycles. The lowest BCUT2D eigenvalue weighted by atomic mass is 10.1. The summed E-state index contributed by atoms with van der Waals surface area (Å²) < 4.78 is 23.8. The van der Waals surface area contributed by atoms with Gasteiger partial charge >= 0.3 is 12.1 Å². The van der Waals surface area contributed by atoms with Crippen LogP contribution in [-0.2, 0) is 37.3 Å². The number of fused-ring (bicyclic) bond motifs is 2. The fourth-order valence-corrected chi connectivity index (χ4v) is 6.33. The van der Waals surface area contributed by atoms with Crippen LogP contribution in [0.3, 0.4) is 0 Å². The van der Waals surface area contributed by atoms with Crippen LogP contribution in [0.25, 0.3) is 11.0 Å². The van der Waals surface area contributed by atoms with Crippen LogP contribution >= 0.6 is 0 Å². The highest BCUT2D eigenvalue weighted by Gasteiger charge is 2.49. The van der Waals surface area contributed by atoms with Crippen LogP contribution in [0.4, 0.5) is 16.3 Å². The molecule has 53 heavy (non-hydrogen) atoms. The number of esters is 1. The minimum absolute atomic E-state index is 0.0226. The first-order valence-corrected chi connectivity index (χ1v) is 17.9. The number of carbonyl (C=O) groups excluding carboxylic acids is 3. The third-order valence-electron chi connectivity index (χ3n) is 9.26. The van der Waals surface area contributed by atoms with Gasteiger partial charge < -0.3 is 39.7 Å². The number of hydrogen-bond acceptors (Lipinski definition) is 11. The molecule has 4 heterocycles. The Bertz CT molecular complexity index is 1920. The van der Waals surface area contributed by atoms with Gasteiger partial charge in [-0.05, 0) is 61.0 Å². The number of hydrogen-bond donors (Lipinski definition) is 3. The Kier molecular flexibility index (Phi) is 12.3. The predicted molar refractivity (Wildman–Crippen MR) is 197 cm³/mol. The second kappa shape index (κ2) is 17.4. The van der Waals surface area contributed by atoms with Crippen LogP contribution in [0.2, 0.25) is 0 Å². The van der Waals surface area contributed by atoms with Gasteiger partial charge in [0.25, 0.3) is 5.91 Å². The maximum atomic E-state index is 13.9. The fraction of sp³-hybridized carbons (Fsp3) is 0.421.